The van der Waals surface area contributed by atoms with Crippen molar-refractivity contribution in [2.45, 2.75) is 38.8 Å². The molecule has 0 bridgehead atoms. The highest BCUT2D eigenvalue weighted by atomic mass is 16.5. The quantitative estimate of drug-likeness (QED) is 0.583. The zero-order valence-electron chi connectivity index (χ0n) is 15.1. The van der Waals surface area contributed by atoms with Crippen LogP contribution in [0.1, 0.15) is 32.6 Å². The number of carbonyl (C=O) groups is 3. The second-order valence-corrected chi connectivity index (χ2v) is 6.14. The summed E-state index contributed by atoms with van der Waals surface area (Å²) in [6, 6.07) is 8.58. The molecule has 1 N–H and O–H groups in total. The number of ether oxygens (including phenoxy) is 1. The third-order valence-corrected chi connectivity index (χ3v) is 4.58. The van der Waals surface area contributed by atoms with Crippen LogP contribution in [0.3, 0.4) is 0 Å². The molecule has 0 saturated carbocycles. The zero-order chi connectivity index (χ0) is 19.4. The fourth-order valence-electron chi connectivity index (χ4n) is 2.88. The number of hydrogen-bond donors (Lipinski definition) is 1. The topological polar surface area (TPSA) is 115 Å². The van der Waals surface area contributed by atoms with Gasteiger partial charge in [-0.1, -0.05) is 32.0 Å². The Morgan fingerprint density at radius 3 is 2.52 bits per heavy atom. The second-order valence-electron chi connectivity index (χ2n) is 6.14. The largest absolute Gasteiger partial charge is 0.454 e. The lowest BCUT2D eigenvalue weighted by Crippen LogP contribution is -2.46. The van der Waals surface area contributed by atoms with Crippen LogP contribution in [0, 0.1) is 0 Å². The van der Waals surface area contributed by atoms with Gasteiger partial charge in [-0.15, -0.1) is 10.2 Å². The lowest BCUT2D eigenvalue weighted by atomic mass is 9.93. The summed E-state index contributed by atoms with van der Waals surface area (Å²) in [6.45, 7) is 2.91. The minimum atomic E-state index is -0.950. The normalized spacial score (nSPS) is 15.7. The van der Waals surface area contributed by atoms with Crippen LogP contribution in [0.5, 0.6) is 0 Å². The SMILES string of the molecule is CCC1(CC)NC(=O)N(CC(=O)OCc2nnc(-c3ccccc3)o2)C1=O. The first-order valence-electron chi connectivity index (χ1n) is 8.66. The van der Waals surface area contributed by atoms with E-state index in [4.69, 9.17) is 9.15 Å². The molecule has 1 aliphatic rings. The average molecular weight is 372 g/mol. The van der Waals surface area contributed by atoms with Crippen molar-refractivity contribution in [1.82, 2.24) is 20.4 Å². The van der Waals surface area contributed by atoms with Crippen molar-refractivity contribution >= 4 is 17.9 Å². The van der Waals surface area contributed by atoms with Crippen molar-refractivity contribution in [3.63, 3.8) is 0 Å². The minimum Gasteiger partial charge on any atom is -0.454 e. The van der Waals surface area contributed by atoms with Crippen LogP contribution in [-0.4, -0.2) is 45.1 Å². The number of esters is 1. The van der Waals surface area contributed by atoms with Crippen molar-refractivity contribution in [2.75, 3.05) is 6.54 Å². The summed E-state index contributed by atoms with van der Waals surface area (Å²) in [5.41, 5.74) is -0.202. The second kappa shape index (κ2) is 7.56. The number of urea groups is 1. The molecule has 1 aromatic carbocycles. The van der Waals surface area contributed by atoms with Crippen LogP contribution in [0.15, 0.2) is 34.7 Å². The molecule has 9 heteroatoms. The number of nitrogens with zero attached hydrogens (tertiary/aromatic N) is 3. The zero-order valence-corrected chi connectivity index (χ0v) is 15.1. The van der Waals surface area contributed by atoms with Gasteiger partial charge >= 0.3 is 12.0 Å². The van der Waals surface area contributed by atoms with Crippen LogP contribution in [0.4, 0.5) is 4.79 Å². The molecule has 0 atom stereocenters. The number of rotatable bonds is 7. The number of nitrogens with one attached hydrogen (secondary N) is 1. The maximum absolute atomic E-state index is 12.5. The molecule has 142 valence electrons. The van der Waals surface area contributed by atoms with Gasteiger partial charge in [0.05, 0.1) is 0 Å². The predicted octanol–water partition coefficient (Wildman–Crippen LogP) is 1.89. The Kier molecular flexibility index (Phi) is 5.20. The van der Waals surface area contributed by atoms with E-state index in [0.717, 1.165) is 10.5 Å². The van der Waals surface area contributed by atoms with Gasteiger partial charge in [-0.05, 0) is 25.0 Å². The van der Waals surface area contributed by atoms with E-state index in [1.165, 1.54) is 0 Å². The minimum absolute atomic E-state index is 0.121. The molecule has 2 heterocycles. The Balaban J connectivity index is 1.57. The van der Waals surface area contributed by atoms with E-state index in [2.05, 4.69) is 15.5 Å². The van der Waals surface area contributed by atoms with Gasteiger partial charge in [0.2, 0.25) is 5.89 Å². The lowest BCUT2D eigenvalue weighted by molar-refractivity contribution is -0.149. The molecule has 0 unspecified atom stereocenters. The number of aromatic nitrogens is 2. The predicted molar refractivity (Wildman–Crippen MR) is 93.1 cm³/mol. The summed E-state index contributed by atoms with van der Waals surface area (Å²) in [7, 11) is 0. The Bertz CT molecular complexity index is 844. The molecule has 1 aliphatic heterocycles. The van der Waals surface area contributed by atoms with Gasteiger partial charge in [0.15, 0.2) is 6.61 Å². The molecule has 3 amide bonds. The first-order valence-corrected chi connectivity index (χ1v) is 8.66. The maximum atomic E-state index is 12.5. The van der Waals surface area contributed by atoms with Crippen molar-refractivity contribution in [2.24, 2.45) is 0 Å². The third kappa shape index (κ3) is 3.67. The molecule has 27 heavy (non-hydrogen) atoms. The number of amides is 3. The molecule has 0 radical (unpaired) electrons. The highest BCUT2D eigenvalue weighted by molar-refractivity contribution is 6.08. The summed E-state index contributed by atoms with van der Waals surface area (Å²) in [4.78, 5) is 37.4. The smallest absolute Gasteiger partial charge is 0.326 e. The summed E-state index contributed by atoms with van der Waals surface area (Å²) in [5, 5.41) is 10.4. The average Bonchev–Trinajstić information content (AvgIpc) is 3.26. The van der Waals surface area contributed by atoms with E-state index in [9.17, 15) is 14.4 Å². The molecule has 0 spiro atoms. The fraction of sp³-hybridized carbons (Fsp3) is 0.389. The van der Waals surface area contributed by atoms with Crippen molar-refractivity contribution in [1.29, 1.82) is 0 Å². The monoisotopic (exact) mass is 372 g/mol. The third-order valence-electron chi connectivity index (χ3n) is 4.58. The maximum Gasteiger partial charge on any atom is 0.326 e. The van der Waals surface area contributed by atoms with E-state index in [1.54, 1.807) is 0 Å². The highest BCUT2D eigenvalue weighted by Crippen LogP contribution is 2.24. The first kappa shape index (κ1) is 18.6. The lowest BCUT2D eigenvalue weighted by Gasteiger charge is -2.22. The number of imide groups is 1. The highest BCUT2D eigenvalue weighted by Gasteiger charge is 2.49. The van der Waals surface area contributed by atoms with Gasteiger partial charge in [-0.2, -0.15) is 0 Å². The number of benzene rings is 1. The molecular weight excluding hydrogens is 352 g/mol. The summed E-state index contributed by atoms with van der Waals surface area (Å²) < 4.78 is 10.5. The summed E-state index contributed by atoms with van der Waals surface area (Å²) in [5.74, 6) is -0.720. The van der Waals surface area contributed by atoms with E-state index in [1.807, 2.05) is 44.2 Å². The van der Waals surface area contributed by atoms with Crippen molar-refractivity contribution in [3.05, 3.63) is 36.2 Å². The standard InChI is InChI=1S/C18H20N4O5/c1-3-18(4-2)16(24)22(17(25)19-18)10-14(23)26-11-13-20-21-15(27-13)12-8-6-5-7-9-12/h5-9H,3-4,10-11H2,1-2H3,(H,19,25). The van der Waals surface area contributed by atoms with Crippen LogP contribution < -0.4 is 5.32 Å². The molecular formula is C18H20N4O5. The number of hydrogen-bond acceptors (Lipinski definition) is 7. The Labute approximate surface area is 155 Å². The van der Waals surface area contributed by atoms with Crippen molar-refractivity contribution in [3.8, 4) is 11.5 Å². The van der Waals surface area contributed by atoms with Crippen LogP contribution >= 0.6 is 0 Å². The van der Waals surface area contributed by atoms with E-state index in [-0.39, 0.29) is 12.5 Å². The summed E-state index contributed by atoms with van der Waals surface area (Å²) >= 11 is 0. The Morgan fingerprint density at radius 2 is 1.89 bits per heavy atom. The fourth-order valence-corrected chi connectivity index (χ4v) is 2.88. The molecule has 9 nitrogen and oxygen atoms in total. The number of carbonyl (C=O) groups excluding carboxylic acids is 3. The van der Waals surface area contributed by atoms with Gasteiger partial charge in [0.1, 0.15) is 12.1 Å². The first-order chi connectivity index (χ1) is 13.0. The molecule has 1 aromatic heterocycles. The van der Waals surface area contributed by atoms with Crippen LogP contribution in [-0.2, 0) is 20.9 Å². The van der Waals surface area contributed by atoms with Gasteiger partial charge in [-0.25, -0.2) is 4.79 Å². The molecule has 0 aliphatic carbocycles. The molecule has 3 rings (SSSR count). The Hall–Kier alpha value is -3.23. The van der Waals surface area contributed by atoms with E-state index < -0.39 is 30.0 Å². The van der Waals surface area contributed by atoms with E-state index in [0.29, 0.717) is 18.7 Å². The Morgan fingerprint density at radius 1 is 1.19 bits per heavy atom. The van der Waals surface area contributed by atoms with Crippen LogP contribution in [0.2, 0.25) is 0 Å². The van der Waals surface area contributed by atoms with Gasteiger partial charge in [0.25, 0.3) is 11.8 Å². The molecule has 1 saturated heterocycles. The van der Waals surface area contributed by atoms with Crippen molar-refractivity contribution < 1.29 is 23.5 Å². The molecule has 2 aromatic rings. The summed E-state index contributed by atoms with van der Waals surface area (Å²) in [6.07, 6.45) is 0.897. The van der Waals surface area contributed by atoms with Gasteiger partial charge in [0, 0.05) is 5.56 Å². The van der Waals surface area contributed by atoms with Gasteiger partial charge < -0.3 is 14.5 Å². The molecule has 1 fully saturated rings. The van der Waals surface area contributed by atoms with E-state index >= 15 is 0 Å². The van der Waals surface area contributed by atoms with Gasteiger partial charge in [-0.3, -0.25) is 14.5 Å². The van der Waals surface area contributed by atoms with Crippen LogP contribution in [0.25, 0.3) is 11.5 Å².